The van der Waals surface area contributed by atoms with Crippen LogP contribution in [0.5, 0.6) is 0 Å². The van der Waals surface area contributed by atoms with Crippen LogP contribution < -0.4 is 0 Å². The Hall–Kier alpha value is -1.69. The molecule has 23 heavy (non-hydrogen) atoms. The Balaban J connectivity index is 1.86. The summed E-state index contributed by atoms with van der Waals surface area (Å²) in [6, 6.07) is 2.51. The van der Waals surface area contributed by atoms with E-state index >= 15 is 0 Å². The molecular weight excluding hydrogens is 286 g/mol. The number of hydrogen-bond donors (Lipinski definition) is 0. The number of nitriles is 1. The van der Waals surface area contributed by atoms with Crippen LogP contribution in [0.2, 0.25) is 0 Å². The summed E-state index contributed by atoms with van der Waals surface area (Å²) in [5, 5.41) is 9.77. The molecule has 4 aliphatic rings. The van der Waals surface area contributed by atoms with Crippen LogP contribution in [0.15, 0.2) is 23.3 Å². The van der Waals surface area contributed by atoms with Gasteiger partial charge in [-0.3, -0.25) is 9.59 Å². The maximum absolute atomic E-state index is 12.4. The van der Waals surface area contributed by atoms with Crippen LogP contribution in [-0.4, -0.2) is 11.6 Å². The molecule has 120 valence electrons. The molecule has 5 unspecified atom stereocenters. The molecule has 0 aromatic heterocycles. The molecule has 0 heterocycles. The highest BCUT2D eigenvalue weighted by molar-refractivity contribution is 5.92. The van der Waals surface area contributed by atoms with Gasteiger partial charge in [-0.25, -0.2) is 0 Å². The molecule has 4 rings (SSSR count). The average molecular weight is 309 g/mol. The Labute approximate surface area is 137 Å². The van der Waals surface area contributed by atoms with Gasteiger partial charge < -0.3 is 0 Å². The van der Waals surface area contributed by atoms with E-state index in [0.29, 0.717) is 31.0 Å². The zero-order chi connectivity index (χ0) is 16.4. The average Bonchev–Trinajstić information content (AvgIpc) is 2.83. The number of fused-ring (bicyclic) bond motifs is 5. The molecule has 0 radical (unpaired) electrons. The summed E-state index contributed by atoms with van der Waals surface area (Å²) < 4.78 is 0. The summed E-state index contributed by atoms with van der Waals surface area (Å²) in [6.07, 6.45) is 8.60. The second-order valence-electron chi connectivity index (χ2n) is 8.28. The molecule has 0 aliphatic heterocycles. The smallest absolute Gasteiger partial charge is 0.155 e. The van der Waals surface area contributed by atoms with E-state index in [4.69, 9.17) is 0 Å². The number of carbonyl (C=O) groups is 2. The van der Waals surface area contributed by atoms with Crippen molar-refractivity contribution < 1.29 is 9.59 Å². The first-order valence-corrected chi connectivity index (χ1v) is 8.77. The molecule has 3 heteroatoms. The van der Waals surface area contributed by atoms with E-state index in [0.717, 1.165) is 24.8 Å². The molecule has 0 N–H and O–H groups in total. The topological polar surface area (TPSA) is 57.9 Å². The van der Waals surface area contributed by atoms with Gasteiger partial charge in [-0.15, -0.1) is 0 Å². The number of ketones is 2. The zero-order valence-corrected chi connectivity index (χ0v) is 13.9. The van der Waals surface area contributed by atoms with Crippen LogP contribution in [0.3, 0.4) is 0 Å². The molecule has 2 saturated carbocycles. The van der Waals surface area contributed by atoms with Gasteiger partial charge in [-0.2, -0.15) is 5.26 Å². The third kappa shape index (κ3) is 1.81. The predicted octanol–water partition coefficient (Wildman–Crippen LogP) is 3.76. The van der Waals surface area contributed by atoms with Gasteiger partial charge in [0.1, 0.15) is 5.78 Å². The van der Waals surface area contributed by atoms with Crippen LogP contribution in [0.4, 0.5) is 0 Å². The van der Waals surface area contributed by atoms with Crippen LogP contribution in [0.25, 0.3) is 0 Å². The Morgan fingerprint density at radius 2 is 2.04 bits per heavy atom. The van der Waals surface area contributed by atoms with E-state index in [1.807, 2.05) is 0 Å². The van der Waals surface area contributed by atoms with E-state index in [-0.39, 0.29) is 28.4 Å². The highest BCUT2D eigenvalue weighted by Crippen LogP contribution is 2.63. The summed E-state index contributed by atoms with van der Waals surface area (Å²) in [5.41, 5.74) is 2.16. The molecule has 3 nitrogen and oxygen atoms in total. The molecular formula is C20H23NO2. The van der Waals surface area contributed by atoms with E-state index in [1.165, 1.54) is 5.57 Å². The number of Topliss-reactive ketones (excluding diaryl/α,β-unsaturated/α-hetero) is 1. The lowest BCUT2D eigenvalue weighted by atomic mass is 9.49. The van der Waals surface area contributed by atoms with E-state index in [9.17, 15) is 14.9 Å². The van der Waals surface area contributed by atoms with Crippen molar-refractivity contribution in [2.45, 2.75) is 52.4 Å². The summed E-state index contributed by atoms with van der Waals surface area (Å²) in [5.74, 6) is 0.975. The van der Waals surface area contributed by atoms with Crippen molar-refractivity contribution in [1.82, 2.24) is 0 Å². The van der Waals surface area contributed by atoms with Crippen molar-refractivity contribution in [2.75, 3.05) is 0 Å². The fourth-order valence-corrected chi connectivity index (χ4v) is 5.77. The van der Waals surface area contributed by atoms with Gasteiger partial charge in [0.2, 0.25) is 0 Å². The normalized spacial score (nSPS) is 45.3. The fourth-order valence-electron chi connectivity index (χ4n) is 5.77. The van der Waals surface area contributed by atoms with Crippen LogP contribution in [0, 0.1) is 39.9 Å². The number of hydrogen-bond acceptors (Lipinski definition) is 3. The monoisotopic (exact) mass is 309 g/mol. The third-order valence-corrected chi connectivity index (χ3v) is 7.27. The SMILES string of the molecule is CC12CCC(=O)C=C1CC(C#N)C1C2=CCC2(C)C(=O)CCC12. The van der Waals surface area contributed by atoms with E-state index < -0.39 is 0 Å². The lowest BCUT2D eigenvalue weighted by Gasteiger charge is -2.53. The first-order chi connectivity index (χ1) is 10.9. The molecule has 0 saturated heterocycles. The minimum atomic E-state index is -0.272. The first-order valence-electron chi connectivity index (χ1n) is 8.77. The summed E-state index contributed by atoms with van der Waals surface area (Å²) >= 11 is 0. The second-order valence-corrected chi connectivity index (χ2v) is 8.28. The van der Waals surface area contributed by atoms with Gasteiger partial charge in [-0.1, -0.05) is 31.1 Å². The van der Waals surface area contributed by atoms with Crippen molar-refractivity contribution in [3.05, 3.63) is 23.3 Å². The summed E-state index contributed by atoms with van der Waals surface area (Å²) in [4.78, 5) is 24.3. The van der Waals surface area contributed by atoms with Gasteiger partial charge >= 0.3 is 0 Å². The Kier molecular flexibility index (Phi) is 3.01. The Bertz CT molecular complexity index is 710. The lowest BCUT2D eigenvalue weighted by molar-refractivity contribution is -0.127. The molecule has 5 atom stereocenters. The highest BCUT2D eigenvalue weighted by Gasteiger charge is 2.58. The van der Waals surface area contributed by atoms with Gasteiger partial charge in [0, 0.05) is 29.6 Å². The molecule has 0 spiro atoms. The van der Waals surface area contributed by atoms with Crippen LogP contribution in [-0.2, 0) is 9.59 Å². The Morgan fingerprint density at radius 1 is 1.26 bits per heavy atom. The summed E-state index contributed by atoms with van der Waals surface area (Å²) in [7, 11) is 0. The predicted molar refractivity (Wildman–Crippen MR) is 86.2 cm³/mol. The Morgan fingerprint density at radius 3 is 2.78 bits per heavy atom. The number of allylic oxidation sites excluding steroid dienone is 4. The quantitative estimate of drug-likeness (QED) is 0.640. The summed E-state index contributed by atoms with van der Waals surface area (Å²) in [6.45, 7) is 4.35. The van der Waals surface area contributed by atoms with Crippen molar-refractivity contribution in [3.63, 3.8) is 0 Å². The highest BCUT2D eigenvalue weighted by atomic mass is 16.1. The first kappa shape index (κ1) is 14.9. The molecule has 0 aromatic rings. The maximum atomic E-state index is 12.4. The van der Waals surface area contributed by atoms with E-state index in [1.54, 1.807) is 6.08 Å². The molecule has 0 aromatic carbocycles. The maximum Gasteiger partial charge on any atom is 0.155 e. The minimum Gasteiger partial charge on any atom is -0.299 e. The van der Waals surface area contributed by atoms with E-state index in [2.05, 4.69) is 26.0 Å². The molecule has 0 amide bonds. The minimum absolute atomic E-state index is 0.0705. The van der Waals surface area contributed by atoms with Gasteiger partial charge in [0.25, 0.3) is 0 Å². The standard InChI is InChI=1S/C20H23NO2/c1-19-7-5-14(22)10-13(19)9-12(11-21)18-15-3-4-17(23)20(15,2)8-6-16(18)19/h6,10,12,15,18H,3-5,7-9H2,1-2H3. The van der Waals surface area contributed by atoms with Crippen molar-refractivity contribution >= 4 is 11.6 Å². The second kappa shape index (κ2) is 4.66. The molecule has 2 fully saturated rings. The number of nitrogens with zero attached hydrogens (tertiary/aromatic N) is 1. The zero-order valence-electron chi connectivity index (χ0n) is 13.9. The van der Waals surface area contributed by atoms with Crippen molar-refractivity contribution in [2.24, 2.45) is 28.6 Å². The lowest BCUT2D eigenvalue weighted by Crippen LogP contribution is -2.47. The molecule has 0 bridgehead atoms. The van der Waals surface area contributed by atoms with Gasteiger partial charge in [0.15, 0.2) is 5.78 Å². The largest absolute Gasteiger partial charge is 0.299 e. The number of carbonyl (C=O) groups excluding carboxylic acids is 2. The van der Waals surface area contributed by atoms with Crippen molar-refractivity contribution in [1.29, 1.82) is 5.26 Å². The fraction of sp³-hybridized carbons (Fsp3) is 0.650. The van der Waals surface area contributed by atoms with Crippen molar-refractivity contribution in [3.8, 4) is 6.07 Å². The molecule has 4 aliphatic carbocycles. The number of rotatable bonds is 0. The third-order valence-electron chi connectivity index (χ3n) is 7.27. The van der Waals surface area contributed by atoms with Crippen LogP contribution >= 0.6 is 0 Å². The van der Waals surface area contributed by atoms with Gasteiger partial charge in [0.05, 0.1) is 12.0 Å². The van der Waals surface area contributed by atoms with Crippen LogP contribution in [0.1, 0.15) is 52.4 Å². The van der Waals surface area contributed by atoms with Gasteiger partial charge in [-0.05, 0) is 37.7 Å².